The molecule has 2 atom stereocenters. The largest absolute Gasteiger partial charge is 0.469 e. The van der Waals surface area contributed by atoms with Crippen LogP contribution in [-0.4, -0.2) is 36.0 Å². The van der Waals surface area contributed by atoms with Crippen LogP contribution in [0.15, 0.2) is 0 Å². The Morgan fingerprint density at radius 1 is 1.25 bits per heavy atom. The summed E-state index contributed by atoms with van der Waals surface area (Å²) in [6.45, 7) is 0.898. The molecule has 4 aliphatic carbocycles. The van der Waals surface area contributed by atoms with E-state index in [0.717, 1.165) is 45.1 Å². The van der Waals surface area contributed by atoms with E-state index >= 15 is 0 Å². The lowest BCUT2D eigenvalue weighted by Gasteiger charge is -2.63. The van der Waals surface area contributed by atoms with Gasteiger partial charge in [-0.25, -0.2) is 0 Å². The van der Waals surface area contributed by atoms with E-state index in [9.17, 15) is 9.59 Å². The first-order valence-corrected chi connectivity index (χ1v) is 7.96. The maximum Gasteiger partial charge on any atom is 0.311 e. The van der Waals surface area contributed by atoms with Crippen molar-refractivity contribution in [3.05, 3.63) is 0 Å². The fourth-order valence-electron chi connectivity index (χ4n) is 6.14. The molecule has 4 saturated carbocycles. The van der Waals surface area contributed by atoms with Crippen LogP contribution in [0.5, 0.6) is 0 Å². The van der Waals surface area contributed by atoms with Gasteiger partial charge >= 0.3 is 5.97 Å². The molecular weight excluding hydrogens is 254 g/mol. The summed E-state index contributed by atoms with van der Waals surface area (Å²) in [7, 11) is 1.51. The Bertz CT molecular complexity index is 458. The number of likely N-dealkylation sites (tertiary alicyclic amines) is 1. The van der Waals surface area contributed by atoms with Crippen LogP contribution in [0.25, 0.3) is 0 Å². The molecule has 2 unspecified atom stereocenters. The van der Waals surface area contributed by atoms with Gasteiger partial charge in [0.15, 0.2) is 0 Å². The fraction of sp³-hybridized carbons (Fsp3) is 0.875. The van der Waals surface area contributed by atoms with Crippen molar-refractivity contribution in [3.8, 4) is 0 Å². The minimum atomic E-state index is -0.290. The molecule has 1 aliphatic heterocycles. The highest BCUT2D eigenvalue weighted by molar-refractivity contribution is 5.81. The van der Waals surface area contributed by atoms with Gasteiger partial charge in [-0.05, 0) is 56.8 Å². The van der Waals surface area contributed by atoms with Crippen molar-refractivity contribution in [1.29, 1.82) is 0 Å². The van der Waals surface area contributed by atoms with Gasteiger partial charge in [0.25, 0.3) is 0 Å². The Morgan fingerprint density at radius 2 is 1.95 bits per heavy atom. The number of carbonyl (C=O) groups excluding carboxylic acids is 2. The normalized spacial score (nSPS) is 46.0. The van der Waals surface area contributed by atoms with Crippen molar-refractivity contribution in [3.63, 3.8) is 0 Å². The standard InChI is InChI=1S/C16H23NO3/c1-20-14(19)15-6-11-5-12(7-15)9-16(8-11,10-15)17-4-2-3-13(17)18/h11-12H,2-10H2,1H3. The van der Waals surface area contributed by atoms with E-state index in [4.69, 9.17) is 4.74 Å². The molecule has 20 heavy (non-hydrogen) atoms. The van der Waals surface area contributed by atoms with Gasteiger partial charge in [-0.3, -0.25) is 9.59 Å². The fourth-order valence-corrected chi connectivity index (χ4v) is 6.14. The Hall–Kier alpha value is -1.06. The van der Waals surface area contributed by atoms with E-state index in [2.05, 4.69) is 4.90 Å². The number of ether oxygens (including phenoxy) is 1. The predicted molar refractivity (Wildman–Crippen MR) is 72.8 cm³/mol. The first-order chi connectivity index (χ1) is 9.57. The van der Waals surface area contributed by atoms with Crippen LogP contribution in [0.2, 0.25) is 0 Å². The van der Waals surface area contributed by atoms with Crippen LogP contribution in [0.3, 0.4) is 0 Å². The average molecular weight is 277 g/mol. The molecule has 4 heteroatoms. The van der Waals surface area contributed by atoms with Crippen molar-refractivity contribution in [2.45, 2.75) is 56.9 Å². The number of esters is 1. The second-order valence-electron chi connectivity index (χ2n) is 7.61. The van der Waals surface area contributed by atoms with Crippen molar-refractivity contribution in [2.75, 3.05) is 13.7 Å². The topological polar surface area (TPSA) is 46.6 Å². The molecule has 1 heterocycles. The SMILES string of the molecule is COC(=O)C12CC3CC(C1)CC(N1CCCC1=O)(C3)C2. The van der Waals surface area contributed by atoms with Gasteiger partial charge in [0.1, 0.15) is 0 Å². The van der Waals surface area contributed by atoms with Gasteiger partial charge < -0.3 is 9.64 Å². The molecule has 4 bridgehead atoms. The third-order valence-electron chi connectivity index (χ3n) is 6.29. The number of methoxy groups -OCH3 is 1. The number of carbonyl (C=O) groups is 2. The lowest BCUT2D eigenvalue weighted by atomic mass is 9.46. The molecule has 5 fully saturated rings. The molecule has 5 aliphatic rings. The van der Waals surface area contributed by atoms with Gasteiger partial charge in [0.05, 0.1) is 12.5 Å². The van der Waals surface area contributed by atoms with Crippen LogP contribution >= 0.6 is 0 Å². The minimum absolute atomic E-state index is 0.0220. The predicted octanol–water partition coefficient (Wildman–Crippen LogP) is 2.12. The van der Waals surface area contributed by atoms with Gasteiger partial charge in [0.2, 0.25) is 5.91 Å². The number of rotatable bonds is 2. The van der Waals surface area contributed by atoms with E-state index in [1.54, 1.807) is 0 Å². The molecule has 0 spiro atoms. The smallest absolute Gasteiger partial charge is 0.311 e. The summed E-state index contributed by atoms with van der Waals surface area (Å²) in [5.41, 5.74) is -0.312. The lowest BCUT2D eigenvalue weighted by Crippen LogP contribution is -2.65. The van der Waals surface area contributed by atoms with Crippen molar-refractivity contribution in [1.82, 2.24) is 4.90 Å². The van der Waals surface area contributed by atoms with Crippen molar-refractivity contribution < 1.29 is 14.3 Å². The zero-order chi connectivity index (χ0) is 14.0. The highest BCUT2D eigenvalue weighted by atomic mass is 16.5. The Balaban J connectivity index is 1.72. The highest BCUT2D eigenvalue weighted by Gasteiger charge is 2.63. The van der Waals surface area contributed by atoms with Crippen LogP contribution in [0.1, 0.15) is 51.4 Å². The summed E-state index contributed by atoms with van der Waals surface area (Å²) in [6.07, 6.45) is 8.00. The quantitative estimate of drug-likeness (QED) is 0.726. The zero-order valence-corrected chi connectivity index (χ0v) is 12.2. The van der Waals surface area contributed by atoms with Gasteiger partial charge in [0, 0.05) is 18.5 Å². The number of nitrogens with zero attached hydrogens (tertiary/aromatic N) is 1. The Labute approximate surface area is 119 Å². The van der Waals surface area contributed by atoms with E-state index in [-0.39, 0.29) is 16.9 Å². The summed E-state index contributed by atoms with van der Waals surface area (Å²) in [5.74, 6) is 1.52. The first-order valence-electron chi connectivity index (χ1n) is 7.96. The molecule has 1 amide bonds. The van der Waals surface area contributed by atoms with Crippen molar-refractivity contribution >= 4 is 11.9 Å². The lowest BCUT2D eigenvalue weighted by molar-refractivity contribution is -0.183. The molecule has 0 N–H and O–H groups in total. The molecular formula is C16H23NO3. The maximum absolute atomic E-state index is 12.4. The van der Waals surface area contributed by atoms with E-state index in [0.29, 0.717) is 24.2 Å². The van der Waals surface area contributed by atoms with Gasteiger partial charge in [-0.15, -0.1) is 0 Å². The maximum atomic E-state index is 12.4. The van der Waals surface area contributed by atoms with Crippen LogP contribution in [0, 0.1) is 17.3 Å². The molecule has 4 nitrogen and oxygen atoms in total. The van der Waals surface area contributed by atoms with Crippen LogP contribution in [0.4, 0.5) is 0 Å². The summed E-state index contributed by atoms with van der Waals surface area (Å²) in [5, 5.41) is 0. The highest BCUT2D eigenvalue weighted by Crippen LogP contribution is 2.64. The molecule has 1 saturated heterocycles. The average Bonchev–Trinajstić information content (AvgIpc) is 2.83. The molecule has 110 valence electrons. The van der Waals surface area contributed by atoms with Gasteiger partial charge in [-0.2, -0.15) is 0 Å². The third kappa shape index (κ3) is 1.54. The number of hydrogen-bond donors (Lipinski definition) is 0. The Kier molecular flexibility index (Phi) is 2.52. The molecule has 0 aromatic rings. The third-order valence-corrected chi connectivity index (χ3v) is 6.29. The van der Waals surface area contributed by atoms with E-state index in [1.165, 1.54) is 13.5 Å². The van der Waals surface area contributed by atoms with Gasteiger partial charge in [-0.1, -0.05) is 0 Å². The van der Waals surface area contributed by atoms with E-state index in [1.807, 2.05) is 0 Å². The first kappa shape index (κ1) is 12.7. The Morgan fingerprint density at radius 3 is 2.50 bits per heavy atom. The summed E-state index contributed by atoms with van der Waals surface area (Å²) >= 11 is 0. The summed E-state index contributed by atoms with van der Waals surface area (Å²) in [6, 6.07) is 0. The van der Waals surface area contributed by atoms with Crippen LogP contribution < -0.4 is 0 Å². The second-order valence-corrected chi connectivity index (χ2v) is 7.61. The molecule has 0 aromatic carbocycles. The monoisotopic (exact) mass is 277 g/mol. The number of hydrogen-bond acceptors (Lipinski definition) is 3. The van der Waals surface area contributed by atoms with Crippen LogP contribution in [-0.2, 0) is 14.3 Å². The summed E-state index contributed by atoms with van der Waals surface area (Å²) < 4.78 is 5.13. The minimum Gasteiger partial charge on any atom is -0.469 e. The number of amides is 1. The second kappa shape index (κ2) is 3.99. The summed E-state index contributed by atoms with van der Waals surface area (Å²) in [4.78, 5) is 26.8. The van der Waals surface area contributed by atoms with Crippen molar-refractivity contribution in [2.24, 2.45) is 17.3 Å². The molecule has 0 radical (unpaired) electrons. The van der Waals surface area contributed by atoms with E-state index < -0.39 is 0 Å². The molecule has 0 aromatic heterocycles. The molecule has 5 rings (SSSR count). The zero-order valence-electron chi connectivity index (χ0n) is 12.2.